The van der Waals surface area contributed by atoms with Crippen molar-refractivity contribution in [1.82, 2.24) is 0 Å². The van der Waals surface area contributed by atoms with Crippen LogP contribution in [-0.2, 0) is 6.42 Å². The Morgan fingerprint density at radius 2 is 2.22 bits per heavy atom. The molecule has 10 nitrogen and oxygen atoms in total. The second-order valence-electron chi connectivity index (χ2n) is 5.71. The lowest BCUT2D eigenvalue weighted by Gasteiger charge is -2.21. The van der Waals surface area contributed by atoms with E-state index in [1.165, 1.54) is 18.3 Å². The highest BCUT2D eigenvalue weighted by molar-refractivity contribution is 5.87. The largest absolute Gasteiger partial charge is 0.733 e. The molecule has 3 rings (SSSR count). The van der Waals surface area contributed by atoms with Crippen molar-refractivity contribution < 1.29 is 19.6 Å². The molecule has 0 saturated carbocycles. The Balaban J connectivity index is 1.89. The number of nitro groups is 1. The first-order valence-electron chi connectivity index (χ1n) is 8.07. The maximum atomic E-state index is 11.2. The molecule has 0 atom stereocenters. The molecule has 0 saturated heterocycles. The van der Waals surface area contributed by atoms with E-state index >= 15 is 0 Å². The number of nitrogens with zero attached hydrogens (tertiary/aromatic N) is 3. The van der Waals surface area contributed by atoms with Gasteiger partial charge in [0.15, 0.2) is 0 Å². The number of hydrogen-bond acceptors (Lipinski definition) is 9. The van der Waals surface area contributed by atoms with Crippen LogP contribution < -0.4 is 20.1 Å². The molecule has 1 aliphatic rings. The molecule has 0 aliphatic carbocycles. The van der Waals surface area contributed by atoms with Crippen molar-refractivity contribution in [1.29, 1.82) is 0 Å². The lowest BCUT2D eigenvalue weighted by atomic mass is 9.99. The van der Waals surface area contributed by atoms with E-state index in [0.717, 1.165) is 35.8 Å². The van der Waals surface area contributed by atoms with Crippen LogP contribution in [0.25, 0.3) is 0 Å². The zero-order valence-corrected chi connectivity index (χ0v) is 14.4. The Bertz CT molecular complexity index is 884. The average molecular weight is 373 g/mol. The van der Waals surface area contributed by atoms with Crippen LogP contribution in [0.1, 0.15) is 17.5 Å². The molecule has 2 aromatic rings. The van der Waals surface area contributed by atoms with Gasteiger partial charge >= 0.3 is 0 Å². The summed E-state index contributed by atoms with van der Waals surface area (Å²) in [5.74, 6) is 1.37. The molecule has 0 unspecified atom stereocenters. The molecule has 0 aromatic heterocycles. The molecule has 2 aromatic carbocycles. The molecule has 10 heteroatoms. The van der Waals surface area contributed by atoms with Gasteiger partial charge < -0.3 is 19.9 Å². The maximum Gasteiger partial charge on any atom is 0.296 e. The normalized spacial score (nSPS) is 13.0. The number of rotatable bonds is 6. The summed E-state index contributed by atoms with van der Waals surface area (Å²) in [6.45, 7) is 0.647. The topological polar surface area (TPSA) is 133 Å². The van der Waals surface area contributed by atoms with E-state index < -0.39 is 15.8 Å². The van der Waals surface area contributed by atoms with Crippen molar-refractivity contribution in [2.24, 2.45) is 5.10 Å². The summed E-state index contributed by atoms with van der Waals surface area (Å²) in [6.07, 6.45) is 3.18. The zero-order chi connectivity index (χ0) is 19.4. The van der Waals surface area contributed by atoms with Crippen molar-refractivity contribution in [3.05, 3.63) is 56.8 Å². The molecule has 0 amide bonds. The number of hydrazone groups is 1. The van der Waals surface area contributed by atoms with Crippen molar-refractivity contribution in [2.75, 3.05) is 24.4 Å². The second-order valence-corrected chi connectivity index (χ2v) is 5.71. The number of ether oxygens (including phenoxy) is 2. The molecule has 0 fully saturated rings. The number of nitrogens with one attached hydrogen (secondary N) is 1. The Hall–Kier alpha value is -3.37. The Morgan fingerprint density at radius 1 is 1.41 bits per heavy atom. The van der Waals surface area contributed by atoms with Gasteiger partial charge in [-0.05, 0) is 37.1 Å². The lowest BCUT2D eigenvalue weighted by Crippen LogP contribution is -2.11. The summed E-state index contributed by atoms with van der Waals surface area (Å²) < 4.78 is 11.0. The molecule has 1 heterocycles. The van der Waals surface area contributed by atoms with Crippen molar-refractivity contribution in [3.8, 4) is 11.5 Å². The standard InChI is InChI=1S/C17H17N4O6/c1-26-16-6-7-17-12(3-2-8-27-17)13(16)10-18-19-14-5-4-11(20(22)23)9-15(14)21(24)25/h4-7,9-10,19,22H,2-3,8H2,1H3/q-1/b18-10+. The molecule has 0 spiro atoms. The van der Waals surface area contributed by atoms with Gasteiger partial charge in [-0.2, -0.15) is 5.10 Å². The first-order valence-corrected chi connectivity index (χ1v) is 8.07. The van der Waals surface area contributed by atoms with Gasteiger partial charge in [-0.25, -0.2) is 0 Å². The third-order valence-corrected chi connectivity index (χ3v) is 4.10. The smallest absolute Gasteiger partial charge is 0.296 e. The van der Waals surface area contributed by atoms with Gasteiger partial charge in [0, 0.05) is 17.2 Å². The predicted octanol–water partition coefficient (Wildman–Crippen LogP) is 3.07. The quantitative estimate of drug-likeness (QED) is 0.448. The zero-order valence-electron chi connectivity index (χ0n) is 14.4. The third-order valence-electron chi connectivity index (χ3n) is 4.10. The summed E-state index contributed by atoms with van der Waals surface area (Å²) in [6, 6.07) is 7.07. The van der Waals surface area contributed by atoms with E-state index in [-0.39, 0.29) is 11.4 Å². The van der Waals surface area contributed by atoms with Gasteiger partial charge in [-0.15, -0.1) is 0 Å². The number of nitro benzene ring substituents is 1. The van der Waals surface area contributed by atoms with Gasteiger partial charge in [0.2, 0.25) is 0 Å². The fraction of sp³-hybridized carbons (Fsp3) is 0.235. The summed E-state index contributed by atoms with van der Waals surface area (Å²) in [5, 5.41) is 34.6. The SMILES string of the molecule is COc1ccc2c(c1/C=N/Nc1ccc(N([O-])O)cc1[N+](=O)[O-])CCCO2. The summed E-state index contributed by atoms with van der Waals surface area (Å²) in [5.41, 5.74) is 3.69. The van der Waals surface area contributed by atoms with E-state index in [2.05, 4.69) is 10.5 Å². The van der Waals surface area contributed by atoms with E-state index in [0.29, 0.717) is 12.4 Å². The van der Waals surface area contributed by atoms with Crippen LogP contribution in [0.3, 0.4) is 0 Å². The van der Waals surface area contributed by atoms with Gasteiger partial charge in [0.25, 0.3) is 5.69 Å². The van der Waals surface area contributed by atoms with Crippen LogP contribution >= 0.6 is 0 Å². The second kappa shape index (κ2) is 7.89. The minimum Gasteiger partial charge on any atom is -0.733 e. The Morgan fingerprint density at radius 3 is 2.93 bits per heavy atom. The van der Waals surface area contributed by atoms with E-state index in [4.69, 9.17) is 14.7 Å². The van der Waals surface area contributed by atoms with Crippen LogP contribution in [-0.4, -0.2) is 30.1 Å². The maximum absolute atomic E-state index is 11.2. The molecule has 0 bridgehead atoms. The van der Waals surface area contributed by atoms with Crippen LogP contribution in [0.4, 0.5) is 17.1 Å². The van der Waals surface area contributed by atoms with Crippen LogP contribution in [0.2, 0.25) is 0 Å². The molecule has 1 aliphatic heterocycles. The summed E-state index contributed by atoms with van der Waals surface area (Å²) >= 11 is 0. The number of anilines is 2. The lowest BCUT2D eigenvalue weighted by molar-refractivity contribution is -0.383. The predicted molar refractivity (Wildman–Crippen MR) is 98.8 cm³/mol. The van der Waals surface area contributed by atoms with E-state index in [1.54, 1.807) is 13.2 Å². The van der Waals surface area contributed by atoms with Crippen LogP contribution in [0.5, 0.6) is 11.5 Å². The Labute approximate surface area is 154 Å². The summed E-state index contributed by atoms with van der Waals surface area (Å²) in [7, 11) is 1.54. The number of hydrogen-bond donors (Lipinski definition) is 2. The number of methoxy groups -OCH3 is 1. The van der Waals surface area contributed by atoms with Gasteiger partial charge in [-0.3, -0.25) is 20.7 Å². The molecule has 142 valence electrons. The molecule has 0 radical (unpaired) electrons. The first kappa shape index (κ1) is 18.4. The van der Waals surface area contributed by atoms with Crippen LogP contribution in [0, 0.1) is 15.3 Å². The van der Waals surface area contributed by atoms with E-state index in [1.807, 2.05) is 6.07 Å². The van der Waals surface area contributed by atoms with Crippen LogP contribution in [0.15, 0.2) is 35.4 Å². The van der Waals surface area contributed by atoms with Gasteiger partial charge in [0.1, 0.15) is 17.2 Å². The fourth-order valence-electron chi connectivity index (χ4n) is 2.82. The van der Waals surface area contributed by atoms with Crippen molar-refractivity contribution >= 4 is 23.3 Å². The highest BCUT2D eigenvalue weighted by atomic mass is 16.8. The fourth-order valence-corrected chi connectivity index (χ4v) is 2.82. The highest BCUT2D eigenvalue weighted by Crippen LogP contribution is 2.33. The van der Waals surface area contributed by atoms with Crippen molar-refractivity contribution in [3.63, 3.8) is 0 Å². The highest BCUT2D eigenvalue weighted by Gasteiger charge is 2.18. The molecule has 2 N–H and O–H groups in total. The van der Waals surface area contributed by atoms with E-state index in [9.17, 15) is 15.3 Å². The third kappa shape index (κ3) is 3.91. The number of fused-ring (bicyclic) bond motifs is 1. The van der Waals surface area contributed by atoms with Crippen molar-refractivity contribution in [2.45, 2.75) is 12.8 Å². The van der Waals surface area contributed by atoms with Gasteiger partial charge in [0.05, 0.1) is 30.5 Å². The molecular weight excluding hydrogens is 356 g/mol. The Kier molecular flexibility index (Phi) is 5.38. The average Bonchev–Trinajstić information content (AvgIpc) is 2.67. The minimum atomic E-state index is -0.677. The number of benzene rings is 2. The monoisotopic (exact) mass is 373 g/mol. The first-order chi connectivity index (χ1) is 13.0. The molecular formula is C17H17N4O6-. The minimum absolute atomic E-state index is 0.0712. The van der Waals surface area contributed by atoms with Gasteiger partial charge in [-0.1, -0.05) is 0 Å². The molecule has 27 heavy (non-hydrogen) atoms. The summed E-state index contributed by atoms with van der Waals surface area (Å²) in [4.78, 5) is 10.5.